The van der Waals surface area contributed by atoms with E-state index < -0.39 is 0 Å². The fraction of sp³-hybridized carbons (Fsp3) is 0.100. The monoisotopic (exact) mass is 414 g/mol. The highest BCUT2D eigenvalue weighted by Crippen LogP contribution is 2.41. The first-order valence-electron chi connectivity index (χ1n) is 11.0. The van der Waals surface area contributed by atoms with Crippen LogP contribution in [0, 0.1) is 13.8 Å². The van der Waals surface area contributed by atoms with E-state index in [1.54, 1.807) is 0 Å². The average Bonchev–Trinajstić information content (AvgIpc) is 3.19. The van der Waals surface area contributed by atoms with E-state index in [-0.39, 0.29) is 0 Å². The maximum atomic E-state index is 6.60. The molecule has 2 nitrogen and oxygen atoms in total. The molecule has 0 amide bonds. The normalized spacial score (nSPS) is 11.6. The predicted molar refractivity (Wildman–Crippen MR) is 133 cm³/mol. The van der Waals surface area contributed by atoms with Crippen LogP contribution in [0.25, 0.3) is 55.1 Å². The van der Waals surface area contributed by atoms with Gasteiger partial charge in [-0.1, -0.05) is 66.7 Å². The fourth-order valence-electron chi connectivity index (χ4n) is 4.92. The lowest BCUT2D eigenvalue weighted by molar-refractivity contribution is -0.660. The van der Waals surface area contributed by atoms with Gasteiger partial charge in [0.1, 0.15) is 18.2 Å². The van der Waals surface area contributed by atoms with Crippen LogP contribution in [0.3, 0.4) is 0 Å². The Labute approximate surface area is 187 Å². The van der Waals surface area contributed by atoms with E-state index in [0.717, 1.165) is 22.4 Å². The van der Waals surface area contributed by atoms with Gasteiger partial charge in [0.05, 0.1) is 5.56 Å². The number of nitrogens with zero attached hydrogens (tertiary/aromatic N) is 1. The van der Waals surface area contributed by atoms with Gasteiger partial charge >= 0.3 is 0 Å². The second-order valence-corrected chi connectivity index (χ2v) is 8.63. The predicted octanol–water partition coefficient (Wildman–Crippen LogP) is 7.51. The van der Waals surface area contributed by atoms with Crippen LogP contribution in [0.5, 0.6) is 0 Å². The molecule has 0 N–H and O–H groups in total. The Hall–Kier alpha value is -3.91. The molecule has 32 heavy (non-hydrogen) atoms. The van der Waals surface area contributed by atoms with E-state index in [4.69, 9.17) is 4.42 Å². The van der Waals surface area contributed by atoms with Crippen LogP contribution in [0.2, 0.25) is 0 Å². The summed E-state index contributed by atoms with van der Waals surface area (Å²) >= 11 is 0. The maximum Gasteiger partial charge on any atom is 0.216 e. The second kappa shape index (κ2) is 7.06. The van der Waals surface area contributed by atoms with Crippen molar-refractivity contribution in [2.75, 3.05) is 0 Å². The highest BCUT2D eigenvalue weighted by Gasteiger charge is 2.22. The van der Waals surface area contributed by atoms with Gasteiger partial charge in [-0.3, -0.25) is 0 Å². The highest BCUT2D eigenvalue weighted by molar-refractivity contribution is 6.21. The summed E-state index contributed by atoms with van der Waals surface area (Å²) in [5.74, 6) is 0. The second-order valence-electron chi connectivity index (χ2n) is 8.63. The summed E-state index contributed by atoms with van der Waals surface area (Å²) in [6.07, 6.45) is 2.14. The summed E-state index contributed by atoms with van der Waals surface area (Å²) in [6, 6.07) is 30.2. The van der Waals surface area contributed by atoms with Gasteiger partial charge < -0.3 is 4.42 Å². The van der Waals surface area contributed by atoms with Gasteiger partial charge in [0.2, 0.25) is 5.69 Å². The van der Waals surface area contributed by atoms with Gasteiger partial charge in [-0.2, -0.15) is 0 Å². The van der Waals surface area contributed by atoms with Crippen LogP contribution in [-0.4, -0.2) is 0 Å². The molecule has 0 aliphatic carbocycles. The molecule has 0 saturated heterocycles. The largest absolute Gasteiger partial charge is 0.455 e. The summed E-state index contributed by atoms with van der Waals surface area (Å²) in [6.45, 7) is 4.32. The lowest BCUT2D eigenvalue weighted by Gasteiger charge is -2.08. The number of hydrogen-bond acceptors (Lipinski definition) is 1. The van der Waals surface area contributed by atoms with E-state index in [1.807, 2.05) is 0 Å². The Kier molecular flexibility index (Phi) is 4.16. The number of hydrogen-bond donors (Lipinski definition) is 0. The first-order valence-corrected chi connectivity index (χ1v) is 11.0. The third-order valence-corrected chi connectivity index (χ3v) is 6.58. The summed E-state index contributed by atoms with van der Waals surface area (Å²) in [4.78, 5) is 0. The quantitative estimate of drug-likeness (QED) is 0.268. The zero-order valence-electron chi connectivity index (χ0n) is 18.5. The third kappa shape index (κ3) is 2.76. The van der Waals surface area contributed by atoms with Crippen molar-refractivity contribution in [3.05, 3.63) is 102 Å². The van der Waals surface area contributed by atoms with Crippen molar-refractivity contribution < 1.29 is 8.98 Å². The van der Waals surface area contributed by atoms with Crippen LogP contribution in [0.15, 0.2) is 95.5 Å². The van der Waals surface area contributed by atoms with Crippen molar-refractivity contribution in [1.82, 2.24) is 0 Å². The maximum absolute atomic E-state index is 6.60. The number of fused-ring (bicyclic) bond motifs is 5. The molecule has 2 aromatic heterocycles. The molecule has 0 radical (unpaired) electrons. The van der Waals surface area contributed by atoms with Crippen LogP contribution in [-0.2, 0) is 7.05 Å². The molecule has 6 aromatic rings. The third-order valence-electron chi connectivity index (χ3n) is 6.58. The molecular formula is C30H24NO+. The Bertz CT molecular complexity index is 1640. The molecule has 0 fully saturated rings. The van der Waals surface area contributed by atoms with E-state index in [1.165, 1.54) is 43.8 Å². The van der Waals surface area contributed by atoms with Crippen LogP contribution >= 0.6 is 0 Å². The lowest BCUT2D eigenvalue weighted by Crippen LogP contribution is -2.30. The molecule has 0 spiro atoms. The Morgan fingerprint density at radius 2 is 1.41 bits per heavy atom. The lowest BCUT2D eigenvalue weighted by atomic mass is 9.96. The molecule has 2 heteroatoms. The number of rotatable bonds is 2. The van der Waals surface area contributed by atoms with Crippen molar-refractivity contribution in [1.29, 1.82) is 0 Å². The van der Waals surface area contributed by atoms with E-state index in [9.17, 15) is 0 Å². The highest BCUT2D eigenvalue weighted by atomic mass is 16.3. The SMILES string of the molecule is Cc1ccc2c(oc3cc(C)c4ccccc4c32)c1-c1cc(-c2ccccc2)cc[n+]1C. The van der Waals surface area contributed by atoms with Gasteiger partial charge in [0, 0.05) is 22.9 Å². The Morgan fingerprint density at radius 1 is 0.656 bits per heavy atom. The summed E-state index contributed by atoms with van der Waals surface area (Å²) in [5, 5.41) is 4.89. The summed E-state index contributed by atoms with van der Waals surface area (Å²) < 4.78 is 8.78. The summed E-state index contributed by atoms with van der Waals surface area (Å²) in [5.41, 5.74) is 9.06. The first kappa shape index (κ1) is 18.8. The van der Waals surface area contributed by atoms with Gasteiger partial charge in [0.25, 0.3) is 0 Å². The summed E-state index contributed by atoms with van der Waals surface area (Å²) in [7, 11) is 2.10. The minimum atomic E-state index is 0.949. The molecule has 0 aliphatic rings. The van der Waals surface area contributed by atoms with Crippen LogP contribution in [0.1, 0.15) is 11.1 Å². The topological polar surface area (TPSA) is 17.0 Å². The standard InChI is InChI=1S/C30H24NO/c1-19-13-14-25-29-24-12-8-7-11-23(24)20(2)17-27(29)32-30(25)28(19)26-18-22(15-16-31(26)3)21-9-5-4-6-10-21/h4-18H,1-3H3/q+1. The molecule has 2 heterocycles. The van der Waals surface area contributed by atoms with Gasteiger partial charge in [-0.05, 0) is 52.9 Å². The number of benzene rings is 4. The fourth-order valence-corrected chi connectivity index (χ4v) is 4.92. The molecule has 6 rings (SSSR count). The smallest absolute Gasteiger partial charge is 0.216 e. The van der Waals surface area contributed by atoms with Gasteiger partial charge in [-0.15, -0.1) is 0 Å². The molecule has 4 aromatic carbocycles. The number of pyridine rings is 1. The van der Waals surface area contributed by atoms with Gasteiger partial charge in [-0.25, -0.2) is 4.57 Å². The van der Waals surface area contributed by atoms with Crippen molar-refractivity contribution in [3.8, 4) is 22.4 Å². The molecular weight excluding hydrogens is 390 g/mol. The molecule has 154 valence electrons. The zero-order valence-corrected chi connectivity index (χ0v) is 18.5. The zero-order chi connectivity index (χ0) is 21.8. The Balaban J connectivity index is 1.70. The molecule has 0 unspecified atom stereocenters. The first-order chi connectivity index (χ1) is 15.6. The Morgan fingerprint density at radius 3 is 2.22 bits per heavy atom. The number of aryl methyl sites for hydroxylation is 3. The van der Waals surface area contributed by atoms with E-state index in [0.29, 0.717) is 0 Å². The number of aromatic nitrogens is 1. The molecule has 0 bridgehead atoms. The van der Waals surface area contributed by atoms with Crippen molar-refractivity contribution in [2.24, 2.45) is 7.05 Å². The van der Waals surface area contributed by atoms with E-state index >= 15 is 0 Å². The molecule has 0 atom stereocenters. The average molecular weight is 415 g/mol. The van der Waals surface area contributed by atoms with Gasteiger partial charge in [0.15, 0.2) is 6.20 Å². The number of furan rings is 1. The van der Waals surface area contributed by atoms with Crippen molar-refractivity contribution in [3.63, 3.8) is 0 Å². The van der Waals surface area contributed by atoms with Crippen LogP contribution in [0.4, 0.5) is 0 Å². The van der Waals surface area contributed by atoms with Crippen molar-refractivity contribution in [2.45, 2.75) is 13.8 Å². The van der Waals surface area contributed by atoms with Crippen LogP contribution < -0.4 is 4.57 Å². The van der Waals surface area contributed by atoms with E-state index in [2.05, 4.69) is 117 Å². The molecule has 0 aliphatic heterocycles. The molecule has 0 saturated carbocycles. The minimum Gasteiger partial charge on any atom is -0.455 e. The minimum absolute atomic E-state index is 0.949. The van der Waals surface area contributed by atoms with Crippen molar-refractivity contribution >= 4 is 32.7 Å².